The second-order valence-electron chi connectivity index (χ2n) is 7.49. The van der Waals surface area contributed by atoms with E-state index in [1.807, 2.05) is 19.2 Å². The van der Waals surface area contributed by atoms with E-state index < -0.39 is 0 Å². The van der Waals surface area contributed by atoms with Gasteiger partial charge in [0.2, 0.25) is 0 Å². The zero-order chi connectivity index (χ0) is 20.0. The van der Waals surface area contributed by atoms with E-state index in [1.165, 1.54) is 11.3 Å². The lowest BCUT2D eigenvalue weighted by Crippen LogP contribution is -2.48. The largest absolute Gasteiger partial charge is 0.497 e. The lowest BCUT2D eigenvalue weighted by Gasteiger charge is -2.39. The molecule has 0 spiro atoms. The normalized spacial score (nSPS) is 16.1. The molecule has 7 heteroatoms. The Morgan fingerprint density at radius 2 is 1.93 bits per heavy atom. The van der Waals surface area contributed by atoms with Gasteiger partial charge in [-0.2, -0.15) is 0 Å². The van der Waals surface area contributed by atoms with Gasteiger partial charge >= 0.3 is 0 Å². The standard InChI is InChI=1S/C22H32N4O2.HI/c1-23-21(26(3)16-19-6-5-13-25(19)2)24-17-22(11-14-28-15-12-22)18-7-9-20(27-4)10-8-18;/h5-10,13H,11-12,14-17H2,1-4H3,(H,23,24);1H. The Morgan fingerprint density at radius 3 is 2.48 bits per heavy atom. The Labute approximate surface area is 191 Å². The molecule has 1 aliphatic rings. The Morgan fingerprint density at radius 1 is 1.24 bits per heavy atom. The van der Waals surface area contributed by atoms with Gasteiger partial charge in [-0.15, -0.1) is 24.0 Å². The summed E-state index contributed by atoms with van der Waals surface area (Å²) < 4.78 is 13.1. The molecule has 1 aromatic carbocycles. The van der Waals surface area contributed by atoms with Crippen molar-refractivity contribution in [3.8, 4) is 5.75 Å². The van der Waals surface area contributed by atoms with Gasteiger partial charge < -0.3 is 24.3 Å². The van der Waals surface area contributed by atoms with Gasteiger partial charge in [0.1, 0.15) is 5.75 Å². The van der Waals surface area contributed by atoms with Crippen LogP contribution in [0.1, 0.15) is 24.1 Å². The Hall–Kier alpha value is -1.74. The number of halogens is 1. The minimum Gasteiger partial charge on any atom is -0.497 e. The van der Waals surface area contributed by atoms with Crippen molar-refractivity contribution in [1.82, 2.24) is 14.8 Å². The van der Waals surface area contributed by atoms with Crippen molar-refractivity contribution in [1.29, 1.82) is 0 Å². The number of nitrogens with one attached hydrogen (secondary N) is 1. The van der Waals surface area contributed by atoms with Gasteiger partial charge in [-0.05, 0) is 42.7 Å². The Bertz CT molecular complexity index is 782. The number of ether oxygens (including phenoxy) is 2. The summed E-state index contributed by atoms with van der Waals surface area (Å²) in [6.07, 6.45) is 4.05. The van der Waals surface area contributed by atoms with Crippen molar-refractivity contribution >= 4 is 29.9 Å². The van der Waals surface area contributed by atoms with E-state index in [-0.39, 0.29) is 29.4 Å². The fraction of sp³-hybridized carbons (Fsp3) is 0.500. The van der Waals surface area contributed by atoms with Crippen molar-refractivity contribution < 1.29 is 9.47 Å². The first-order valence-electron chi connectivity index (χ1n) is 9.82. The van der Waals surface area contributed by atoms with E-state index in [0.29, 0.717) is 0 Å². The van der Waals surface area contributed by atoms with E-state index in [4.69, 9.17) is 9.47 Å². The number of benzene rings is 1. The summed E-state index contributed by atoms with van der Waals surface area (Å²) in [7, 11) is 7.69. The van der Waals surface area contributed by atoms with Crippen LogP contribution in [0.25, 0.3) is 0 Å². The topological polar surface area (TPSA) is 51.0 Å². The average Bonchev–Trinajstić information content (AvgIpc) is 3.13. The van der Waals surface area contributed by atoms with Crippen LogP contribution in [0.4, 0.5) is 0 Å². The Balaban J connectivity index is 0.00000300. The molecule has 0 amide bonds. The van der Waals surface area contributed by atoms with E-state index in [1.54, 1.807) is 7.11 Å². The number of hydrogen-bond donors (Lipinski definition) is 1. The highest BCUT2D eigenvalue weighted by molar-refractivity contribution is 14.0. The molecule has 1 fully saturated rings. The third-order valence-corrected chi connectivity index (χ3v) is 5.76. The van der Waals surface area contributed by atoms with E-state index >= 15 is 0 Å². The number of hydrogen-bond acceptors (Lipinski definition) is 3. The van der Waals surface area contributed by atoms with Gasteiger partial charge in [0.05, 0.1) is 13.7 Å². The number of aliphatic imine (C=N–C) groups is 1. The van der Waals surface area contributed by atoms with Crippen LogP contribution in [-0.2, 0) is 23.7 Å². The summed E-state index contributed by atoms with van der Waals surface area (Å²) in [5.41, 5.74) is 2.61. The quantitative estimate of drug-likeness (QED) is 0.366. The number of methoxy groups -OCH3 is 1. The van der Waals surface area contributed by atoms with Crippen LogP contribution in [0, 0.1) is 0 Å². The van der Waals surface area contributed by atoms with Crippen molar-refractivity contribution in [2.45, 2.75) is 24.8 Å². The zero-order valence-electron chi connectivity index (χ0n) is 17.9. The van der Waals surface area contributed by atoms with Gasteiger partial charge in [-0.3, -0.25) is 4.99 Å². The lowest BCUT2D eigenvalue weighted by molar-refractivity contribution is 0.0512. The number of nitrogens with zero attached hydrogens (tertiary/aromatic N) is 3. The molecule has 6 nitrogen and oxygen atoms in total. The van der Waals surface area contributed by atoms with Gasteiger partial charge in [0.15, 0.2) is 5.96 Å². The predicted octanol–water partition coefficient (Wildman–Crippen LogP) is 3.41. The molecule has 1 aliphatic heterocycles. The highest BCUT2D eigenvalue weighted by atomic mass is 127. The summed E-state index contributed by atoms with van der Waals surface area (Å²) >= 11 is 0. The van der Waals surface area contributed by atoms with Gasteiger partial charge in [0, 0.05) is 58.2 Å². The predicted molar refractivity (Wildman–Crippen MR) is 128 cm³/mol. The van der Waals surface area contributed by atoms with Crippen molar-refractivity contribution in [2.24, 2.45) is 12.0 Å². The van der Waals surface area contributed by atoms with E-state index in [2.05, 4.69) is 64.3 Å². The lowest BCUT2D eigenvalue weighted by atomic mass is 9.74. The molecule has 0 unspecified atom stereocenters. The molecule has 1 N–H and O–H groups in total. The first-order chi connectivity index (χ1) is 13.6. The van der Waals surface area contributed by atoms with Crippen LogP contribution in [0.3, 0.4) is 0 Å². The Kier molecular flexibility index (Phi) is 8.82. The summed E-state index contributed by atoms with van der Waals surface area (Å²) in [4.78, 5) is 6.67. The van der Waals surface area contributed by atoms with Crippen LogP contribution in [0.2, 0.25) is 0 Å². The molecule has 0 bridgehead atoms. The maximum Gasteiger partial charge on any atom is 0.193 e. The van der Waals surface area contributed by atoms with Crippen molar-refractivity contribution in [3.63, 3.8) is 0 Å². The third kappa shape index (κ3) is 5.66. The SMILES string of the molecule is CN=C(NCC1(c2ccc(OC)cc2)CCOCC1)N(C)Cc1cccn1C.I. The van der Waals surface area contributed by atoms with Crippen molar-refractivity contribution in [2.75, 3.05) is 41.0 Å². The molecule has 0 radical (unpaired) electrons. The number of aromatic nitrogens is 1. The molecule has 2 heterocycles. The second kappa shape index (κ2) is 10.9. The summed E-state index contributed by atoms with van der Waals surface area (Å²) in [6, 6.07) is 12.7. The average molecular weight is 512 g/mol. The molecule has 29 heavy (non-hydrogen) atoms. The molecule has 1 saturated heterocycles. The van der Waals surface area contributed by atoms with Crippen LogP contribution >= 0.6 is 24.0 Å². The van der Waals surface area contributed by atoms with Crippen LogP contribution in [-0.4, -0.2) is 56.4 Å². The molecular formula is C22H33IN4O2. The molecule has 0 aliphatic carbocycles. The summed E-state index contributed by atoms with van der Waals surface area (Å²) in [5, 5.41) is 3.62. The van der Waals surface area contributed by atoms with Crippen molar-refractivity contribution in [3.05, 3.63) is 53.9 Å². The number of aryl methyl sites for hydroxylation is 1. The summed E-state index contributed by atoms with van der Waals surface area (Å²) in [5.74, 6) is 1.79. The van der Waals surface area contributed by atoms with Crippen LogP contribution in [0.5, 0.6) is 5.75 Å². The van der Waals surface area contributed by atoms with Crippen LogP contribution in [0.15, 0.2) is 47.6 Å². The minimum absolute atomic E-state index is 0. The molecule has 0 atom stereocenters. The van der Waals surface area contributed by atoms with Gasteiger partial charge in [-0.25, -0.2) is 0 Å². The molecule has 3 rings (SSSR count). The third-order valence-electron chi connectivity index (χ3n) is 5.76. The fourth-order valence-electron chi connectivity index (χ4n) is 3.89. The maximum atomic E-state index is 5.66. The number of rotatable bonds is 6. The molecule has 160 valence electrons. The zero-order valence-corrected chi connectivity index (χ0v) is 20.2. The monoisotopic (exact) mass is 512 g/mol. The second-order valence-corrected chi connectivity index (χ2v) is 7.49. The summed E-state index contributed by atoms with van der Waals surface area (Å²) in [6.45, 7) is 3.20. The van der Waals surface area contributed by atoms with E-state index in [9.17, 15) is 0 Å². The van der Waals surface area contributed by atoms with Gasteiger partial charge in [-0.1, -0.05) is 12.1 Å². The first kappa shape index (κ1) is 23.5. The van der Waals surface area contributed by atoms with E-state index in [0.717, 1.165) is 50.9 Å². The molecule has 0 saturated carbocycles. The molecular weight excluding hydrogens is 479 g/mol. The number of guanidine groups is 1. The van der Waals surface area contributed by atoms with Gasteiger partial charge in [0.25, 0.3) is 0 Å². The minimum atomic E-state index is 0. The first-order valence-corrected chi connectivity index (χ1v) is 9.82. The molecule has 2 aromatic rings. The smallest absolute Gasteiger partial charge is 0.193 e. The highest BCUT2D eigenvalue weighted by Gasteiger charge is 2.35. The fourth-order valence-corrected chi connectivity index (χ4v) is 3.89. The highest BCUT2D eigenvalue weighted by Crippen LogP contribution is 2.35. The maximum absolute atomic E-state index is 5.66. The van der Waals surface area contributed by atoms with Crippen LogP contribution < -0.4 is 10.1 Å². The molecule has 1 aromatic heterocycles.